The van der Waals surface area contributed by atoms with Gasteiger partial charge < -0.3 is 10.8 Å². The van der Waals surface area contributed by atoms with Crippen molar-refractivity contribution in [3.63, 3.8) is 0 Å². The summed E-state index contributed by atoms with van der Waals surface area (Å²) in [5.41, 5.74) is 0. The van der Waals surface area contributed by atoms with Crippen LogP contribution in [0.3, 0.4) is 0 Å². The molecule has 0 aromatic heterocycles. The Morgan fingerprint density at radius 1 is 1.14 bits per heavy atom. The first-order valence-corrected chi connectivity index (χ1v) is 2.12. The van der Waals surface area contributed by atoms with Gasteiger partial charge in [-0.05, 0) is 13.1 Å². The van der Waals surface area contributed by atoms with E-state index in [1.807, 2.05) is 0 Å². The second-order valence-electron chi connectivity index (χ2n) is 0.957. The number of hydrogen-bond donors (Lipinski definition) is 1. The Labute approximate surface area is 46.2 Å². The minimum atomic E-state index is 0. The molecule has 0 radical (unpaired) electrons. The molecule has 3 N–H and O–H groups in total. The molecule has 7 heavy (non-hydrogen) atoms. The van der Waals surface area contributed by atoms with Gasteiger partial charge in [0.15, 0.2) is 0 Å². The van der Waals surface area contributed by atoms with E-state index < -0.39 is 0 Å². The van der Waals surface area contributed by atoms with Crippen LogP contribution >= 0.6 is 0 Å². The van der Waals surface area contributed by atoms with Crippen molar-refractivity contribution in [1.29, 1.82) is 0 Å². The maximum Gasteiger partial charge on any atom is -0.00775 e. The van der Waals surface area contributed by atoms with Crippen LogP contribution in [-0.2, 0) is 0 Å². The molecule has 0 heterocycles. The van der Waals surface area contributed by atoms with Gasteiger partial charge in [-0.15, -0.1) is 0 Å². The minimum absolute atomic E-state index is 0. The summed E-state index contributed by atoms with van der Waals surface area (Å²) in [4.78, 5) is 0. The van der Waals surface area contributed by atoms with Gasteiger partial charge >= 0.3 is 0 Å². The molecule has 0 atom stereocenters. The second kappa shape index (κ2) is 16.8. The average Bonchev–Trinajstić information content (AvgIpc) is 1.41. The Morgan fingerprint density at radius 3 is 1.43 bits per heavy atom. The monoisotopic (exact) mass is 107 g/mol. The molecular weight excluding hydrogens is 90.1 g/mol. The largest absolute Gasteiger partial charge is 0.412 e. The van der Waals surface area contributed by atoms with Crippen molar-refractivity contribution in [2.45, 2.75) is 21.3 Å². The van der Waals surface area contributed by atoms with Crippen molar-refractivity contribution in [2.24, 2.45) is 0 Å². The molecule has 0 saturated carbocycles. The normalized spacial score (nSPS) is 6.00. The van der Waals surface area contributed by atoms with Crippen LogP contribution in [0.2, 0.25) is 0 Å². The molecule has 0 spiro atoms. The van der Waals surface area contributed by atoms with E-state index in [1.54, 1.807) is 0 Å². The highest BCUT2D eigenvalue weighted by molar-refractivity contribution is 4.27. The van der Waals surface area contributed by atoms with Crippen LogP contribution in [0.1, 0.15) is 21.3 Å². The molecule has 48 valence electrons. The minimum Gasteiger partial charge on any atom is -0.412 e. The van der Waals surface area contributed by atoms with Crippen molar-refractivity contribution in [2.75, 3.05) is 13.1 Å². The van der Waals surface area contributed by atoms with E-state index in [1.165, 1.54) is 0 Å². The standard InChI is InChI=1S/C4H11N.CH4.H2O/c1-3-5-4-2;;/h5H,3-4H2,1-2H3;1H4;1H2. The Hall–Kier alpha value is -0.0800. The Balaban J connectivity index is -0.0000000800. The van der Waals surface area contributed by atoms with Gasteiger partial charge in [0.25, 0.3) is 0 Å². The second-order valence-corrected chi connectivity index (χ2v) is 0.957. The summed E-state index contributed by atoms with van der Waals surface area (Å²) < 4.78 is 0. The molecule has 0 aromatic rings. The van der Waals surface area contributed by atoms with Crippen molar-refractivity contribution >= 4 is 0 Å². The third kappa shape index (κ3) is 24.7. The molecule has 0 saturated heterocycles. The lowest BCUT2D eigenvalue weighted by molar-refractivity contribution is 0.762. The van der Waals surface area contributed by atoms with Crippen molar-refractivity contribution in [3.8, 4) is 0 Å². The molecule has 0 unspecified atom stereocenters. The quantitative estimate of drug-likeness (QED) is 0.546. The lowest BCUT2D eigenvalue weighted by atomic mass is 10.7. The van der Waals surface area contributed by atoms with Gasteiger partial charge in [0, 0.05) is 0 Å². The highest BCUT2D eigenvalue weighted by atomic mass is 16.0. The summed E-state index contributed by atoms with van der Waals surface area (Å²) >= 11 is 0. The van der Waals surface area contributed by atoms with Crippen LogP contribution in [-0.4, -0.2) is 18.6 Å². The zero-order chi connectivity index (χ0) is 4.12. The van der Waals surface area contributed by atoms with E-state index in [4.69, 9.17) is 0 Å². The lowest BCUT2D eigenvalue weighted by Gasteiger charge is -1.86. The summed E-state index contributed by atoms with van der Waals surface area (Å²) in [5, 5.41) is 3.11. The molecule has 2 nitrogen and oxygen atoms in total. The first-order chi connectivity index (χ1) is 2.41. The summed E-state index contributed by atoms with van der Waals surface area (Å²) in [6, 6.07) is 0. The highest BCUT2D eigenvalue weighted by Crippen LogP contribution is 1.47. The summed E-state index contributed by atoms with van der Waals surface area (Å²) in [6.07, 6.45) is 0. The Bertz CT molecular complexity index is 15.6. The van der Waals surface area contributed by atoms with Gasteiger partial charge in [-0.1, -0.05) is 21.3 Å². The zero-order valence-corrected chi connectivity index (χ0v) is 4.41. The van der Waals surface area contributed by atoms with E-state index in [2.05, 4.69) is 19.2 Å². The first kappa shape index (κ1) is 15.8. The maximum absolute atomic E-state index is 3.11. The van der Waals surface area contributed by atoms with Gasteiger partial charge in [-0.2, -0.15) is 0 Å². The van der Waals surface area contributed by atoms with Gasteiger partial charge in [-0.25, -0.2) is 0 Å². The van der Waals surface area contributed by atoms with Crippen LogP contribution < -0.4 is 5.32 Å². The van der Waals surface area contributed by atoms with E-state index in [0.29, 0.717) is 0 Å². The van der Waals surface area contributed by atoms with Crippen LogP contribution in [0.5, 0.6) is 0 Å². The van der Waals surface area contributed by atoms with Crippen molar-refractivity contribution < 1.29 is 5.48 Å². The predicted molar refractivity (Wildman–Crippen MR) is 34.6 cm³/mol. The third-order valence-electron chi connectivity index (χ3n) is 0.500. The molecule has 0 fully saturated rings. The fourth-order valence-corrected chi connectivity index (χ4v) is 0.250. The topological polar surface area (TPSA) is 43.5 Å². The van der Waals surface area contributed by atoms with Crippen molar-refractivity contribution in [1.82, 2.24) is 5.32 Å². The molecule has 0 aromatic carbocycles. The molecular formula is C5H17NO. The number of nitrogens with one attached hydrogen (secondary N) is 1. The third-order valence-corrected chi connectivity index (χ3v) is 0.500. The molecule has 0 aliphatic carbocycles. The SMILES string of the molecule is C.CCNCC.O. The van der Waals surface area contributed by atoms with Gasteiger partial charge in [0.2, 0.25) is 0 Å². The summed E-state index contributed by atoms with van der Waals surface area (Å²) in [7, 11) is 0. The fraction of sp³-hybridized carbons (Fsp3) is 1.00. The van der Waals surface area contributed by atoms with E-state index in [0.717, 1.165) is 13.1 Å². The van der Waals surface area contributed by atoms with Crippen LogP contribution in [0.25, 0.3) is 0 Å². The predicted octanol–water partition coefficient (Wildman–Crippen LogP) is 0.427. The van der Waals surface area contributed by atoms with Gasteiger partial charge in [-0.3, -0.25) is 0 Å². The maximum atomic E-state index is 3.11. The number of rotatable bonds is 2. The Morgan fingerprint density at radius 2 is 1.43 bits per heavy atom. The average molecular weight is 107 g/mol. The van der Waals surface area contributed by atoms with E-state index in [9.17, 15) is 0 Å². The molecule has 0 rings (SSSR count). The zero-order valence-electron chi connectivity index (χ0n) is 4.41. The highest BCUT2D eigenvalue weighted by Gasteiger charge is 1.62. The molecule has 0 amide bonds. The molecule has 2 heteroatoms. The molecule has 0 aliphatic rings. The van der Waals surface area contributed by atoms with Gasteiger partial charge in [0.05, 0.1) is 0 Å². The summed E-state index contributed by atoms with van der Waals surface area (Å²) in [6.45, 7) is 6.39. The van der Waals surface area contributed by atoms with Crippen molar-refractivity contribution in [3.05, 3.63) is 0 Å². The molecule has 0 bridgehead atoms. The van der Waals surface area contributed by atoms with Crippen LogP contribution in [0.4, 0.5) is 0 Å². The Kier molecular flexibility index (Phi) is 37.9. The smallest absolute Gasteiger partial charge is 0.00775 e. The van der Waals surface area contributed by atoms with Crippen LogP contribution in [0.15, 0.2) is 0 Å². The molecule has 0 aliphatic heterocycles. The van der Waals surface area contributed by atoms with Crippen LogP contribution in [0, 0.1) is 0 Å². The van der Waals surface area contributed by atoms with Gasteiger partial charge in [0.1, 0.15) is 0 Å². The van der Waals surface area contributed by atoms with E-state index in [-0.39, 0.29) is 12.9 Å². The lowest BCUT2D eigenvalue weighted by Crippen LogP contribution is -2.09. The number of hydrogen-bond acceptors (Lipinski definition) is 1. The van der Waals surface area contributed by atoms with E-state index >= 15 is 0 Å². The summed E-state index contributed by atoms with van der Waals surface area (Å²) in [5.74, 6) is 0. The first-order valence-electron chi connectivity index (χ1n) is 2.12. The fourth-order valence-electron chi connectivity index (χ4n) is 0.250.